The van der Waals surface area contributed by atoms with Gasteiger partial charge in [0.25, 0.3) is 0 Å². The predicted octanol–water partition coefficient (Wildman–Crippen LogP) is 1.96. The van der Waals surface area contributed by atoms with E-state index in [9.17, 15) is 4.39 Å². The third kappa shape index (κ3) is 1.95. The van der Waals surface area contributed by atoms with E-state index in [1.165, 1.54) is 12.1 Å². The van der Waals surface area contributed by atoms with E-state index in [0.717, 1.165) is 30.3 Å². The maximum Gasteiger partial charge on any atom is 0.125 e. The van der Waals surface area contributed by atoms with Crippen molar-refractivity contribution in [3.05, 3.63) is 24.0 Å². The molecule has 2 nitrogen and oxygen atoms in total. The zero-order chi connectivity index (χ0) is 9.97. The Kier molecular flexibility index (Phi) is 2.82. The number of nitrogens with zero attached hydrogens (tertiary/aromatic N) is 1. The maximum absolute atomic E-state index is 13.0. The van der Waals surface area contributed by atoms with E-state index in [2.05, 4.69) is 4.90 Å². The molecule has 0 aromatic heterocycles. The first-order chi connectivity index (χ1) is 6.77. The fourth-order valence-corrected chi connectivity index (χ4v) is 2.50. The average Bonchev–Trinajstić information content (AvgIpc) is 2.23. The molecule has 0 spiro atoms. The summed E-state index contributed by atoms with van der Waals surface area (Å²) in [6.45, 7) is 1.91. The average molecular weight is 212 g/mol. The van der Waals surface area contributed by atoms with Gasteiger partial charge in [-0.25, -0.2) is 4.39 Å². The maximum atomic E-state index is 13.0. The number of thioether (sulfide) groups is 1. The lowest BCUT2D eigenvalue weighted by atomic mass is 10.2. The molecule has 1 saturated heterocycles. The molecule has 1 aromatic carbocycles. The van der Waals surface area contributed by atoms with E-state index in [4.69, 9.17) is 5.73 Å². The lowest BCUT2D eigenvalue weighted by Crippen LogP contribution is -2.33. The summed E-state index contributed by atoms with van der Waals surface area (Å²) in [7, 11) is 0. The topological polar surface area (TPSA) is 29.3 Å². The number of hydrogen-bond acceptors (Lipinski definition) is 3. The van der Waals surface area contributed by atoms with Crippen LogP contribution in [0.3, 0.4) is 0 Å². The number of hydrogen-bond donors (Lipinski definition) is 1. The SMILES string of the molecule is Nc1ccc(F)cc1N1CCSCC1. The minimum absolute atomic E-state index is 0.215. The summed E-state index contributed by atoms with van der Waals surface area (Å²) < 4.78 is 13.0. The van der Waals surface area contributed by atoms with Crippen LogP contribution in [0.1, 0.15) is 0 Å². The Morgan fingerprint density at radius 3 is 2.71 bits per heavy atom. The standard InChI is InChI=1S/C10H13FN2S/c11-8-1-2-9(12)10(7-8)13-3-5-14-6-4-13/h1-2,7H,3-6,12H2. The summed E-state index contributed by atoms with van der Waals surface area (Å²) in [4.78, 5) is 2.15. The Bertz CT molecular complexity index is 324. The lowest BCUT2D eigenvalue weighted by Gasteiger charge is -2.29. The van der Waals surface area contributed by atoms with Crippen LogP contribution in [0.25, 0.3) is 0 Å². The highest BCUT2D eigenvalue weighted by Gasteiger charge is 2.13. The second-order valence-electron chi connectivity index (χ2n) is 3.30. The predicted molar refractivity (Wildman–Crippen MR) is 60.4 cm³/mol. The molecule has 0 aliphatic carbocycles. The molecule has 0 atom stereocenters. The van der Waals surface area contributed by atoms with Gasteiger partial charge < -0.3 is 10.6 Å². The third-order valence-electron chi connectivity index (χ3n) is 2.34. The van der Waals surface area contributed by atoms with Crippen LogP contribution in [0.5, 0.6) is 0 Å². The van der Waals surface area contributed by atoms with E-state index >= 15 is 0 Å². The molecule has 0 saturated carbocycles. The summed E-state index contributed by atoms with van der Waals surface area (Å²) in [6.07, 6.45) is 0. The Morgan fingerprint density at radius 2 is 2.00 bits per heavy atom. The van der Waals surface area contributed by atoms with Gasteiger partial charge in [-0.15, -0.1) is 0 Å². The van der Waals surface area contributed by atoms with Crippen molar-refractivity contribution in [3.8, 4) is 0 Å². The Hall–Kier alpha value is -0.900. The molecule has 1 aliphatic heterocycles. The molecule has 0 bridgehead atoms. The van der Waals surface area contributed by atoms with Crippen LogP contribution in [0.4, 0.5) is 15.8 Å². The first-order valence-corrected chi connectivity index (χ1v) is 5.80. The molecule has 2 rings (SSSR count). The van der Waals surface area contributed by atoms with Gasteiger partial charge in [0, 0.05) is 24.6 Å². The van der Waals surface area contributed by atoms with Gasteiger partial charge in [-0.2, -0.15) is 11.8 Å². The quantitative estimate of drug-likeness (QED) is 0.722. The molecular weight excluding hydrogens is 199 g/mol. The van der Waals surface area contributed by atoms with Crippen molar-refractivity contribution >= 4 is 23.1 Å². The second kappa shape index (κ2) is 4.09. The van der Waals surface area contributed by atoms with Gasteiger partial charge in [0.05, 0.1) is 11.4 Å². The van der Waals surface area contributed by atoms with Crippen LogP contribution in [0.15, 0.2) is 18.2 Å². The fourth-order valence-electron chi connectivity index (χ4n) is 1.59. The van der Waals surface area contributed by atoms with Gasteiger partial charge in [0.2, 0.25) is 0 Å². The lowest BCUT2D eigenvalue weighted by molar-refractivity contribution is 0.627. The Morgan fingerprint density at radius 1 is 1.29 bits per heavy atom. The number of nitrogens with two attached hydrogens (primary N) is 1. The van der Waals surface area contributed by atoms with Crippen LogP contribution in [-0.4, -0.2) is 24.6 Å². The van der Waals surface area contributed by atoms with Crippen molar-refractivity contribution in [1.82, 2.24) is 0 Å². The molecule has 76 valence electrons. The monoisotopic (exact) mass is 212 g/mol. The molecule has 1 aliphatic rings. The summed E-state index contributed by atoms with van der Waals surface area (Å²) in [5, 5.41) is 0. The number of halogens is 1. The molecule has 0 amide bonds. The highest BCUT2D eigenvalue weighted by atomic mass is 32.2. The summed E-state index contributed by atoms with van der Waals surface area (Å²) >= 11 is 1.93. The van der Waals surface area contributed by atoms with E-state index in [0.29, 0.717) is 5.69 Å². The van der Waals surface area contributed by atoms with Crippen molar-refractivity contribution in [2.45, 2.75) is 0 Å². The van der Waals surface area contributed by atoms with Crippen LogP contribution in [0, 0.1) is 5.82 Å². The number of benzene rings is 1. The molecule has 1 heterocycles. The van der Waals surface area contributed by atoms with E-state index < -0.39 is 0 Å². The molecule has 1 aromatic rings. The van der Waals surface area contributed by atoms with E-state index in [-0.39, 0.29) is 5.82 Å². The summed E-state index contributed by atoms with van der Waals surface area (Å²) in [6, 6.07) is 4.55. The largest absolute Gasteiger partial charge is 0.397 e. The number of nitrogen functional groups attached to an aromatic ring is 1. The molecule has 14 heavy (non-hydrogen) atoms. The summed E-state index contributed by atoms with van der Waals surface area (Å²) in [5.41, 5.74) is 7.31. The zero-order valence-electron chi connectivity index (χ0n) is 7.87. The van der Waals surface area contributed by atoms with Crippen LogP contribution in [0.2, 0.25) is 0 Å². The van der Waals surface area contributed by atoms with Gasteiger partial charge >= 0.3 is 0 Å². The van der Waals surface area contributed by atoms with Gasteiger partial charge in [-0.05, 0) is 18.2 Å². The first kappa shape index (κ1) is 9.65. The van der Waals surface area contributed by atoms with Gasteiger partial charge in [0.1, 0.15) is 5.82 Å². The van der Waals surface area contributed by atoms with Crippen molar-refractivity contribution < 1.29 is 4.39 Å². The molecule has 2 N–H and O–H groups in total. The number of rotatable bonds is 1. The fraction of sp³-hybridized carbons (Fsp3) is 0.400. The first-order valence-electron chi connectivity index (χ1n) is 4.65. The molecular formula is C10H13FN2S. The summed E-state index contributed by atoms with van der Waals surface area (Å²) in [5.74, 6) is 1.97. The highest BCUT2D eigenvalue weighted by molar-refractivity contribution is 7.99. The second-order valence-corrected chi connectivity index (χ2v) is 4.53. The minimum Gasteiger partial charge on any atom is -0.397 e. The zero-order valence-corrected chi connectivity index (χ0v) is 8.69. The molecule has 4 heteroatoms. The van der Waals surface area contributed by atoms with Crippen LogP contribution >= 0.6 is 11.8 Å². The number of anilines is 2. The van der Waals surface area contributed by atoms with Crippen molar-refractivity contribution in [3.63, 3.8) is 0 Å². The smallest absolute Gasteiger partial charge is 0.125 e. The van der Waals surface area contributed by atoms with Crippen LogP contribution in [-0.2, 0) is 0 Å². The van der Waals surface area contributed by atoms with E-state index in [1.807, 2.05) is 11.8 Å². The van der Waals surface area contributed by atoms with Gasteiger partial charge in [0.15, 0.2) is 0 Å². The van der Waals surface area contributed by atoms with Crippen molar-refractivity contribution in [1.29, 1.82) is 0 Å². The van der Waals surface area contributed by atoms with Crippen molar-refractivity contribution in [2.24, 2.45) is 0 Å². The normalized spacial score (nSPS) is 17.1. The van der Waals surface area contributed by atoms with Crippen molar-refractivity contribution in [2.75, 3.05) is 35.2 Å². The molecule has 0 radical (unpaired) electrons. The molecule has 1 fully saturated rings. The van der Waals surface area contributed by atoms with E-state index in [1.54, 1.807) is 6.07 Å². The van der Waals surface area contributed by atoms with Crippen LogP contribution < -0.4 is 10.6 Å². The highest BCUT2D eigenvalue weighted by Crippen LogP contribution is 2.26. The minimum atomic E-state index is -0.215. The van der Waals surface area contributed by atoms with Gasteiger partial charge in [-0.1, -0.05) is 0 Å². The Balaban J connectivity index is 2.24. The Labute approximate surface area is 87.3 Å². The molecule has 0 unspecified atom stereocenters. The van der Waals surface area contributed by atoms with Gasteiger partial charge in [-0.3, -0.25) is 0 Å². The third-order valence-corrected chi connectivity index (χ3v) is 3.29.